The quantitative estimate of drug-likeness (QED) is 0.523. The van der Waals surface area contributed by atoms with Crippen LogP contribution in [0.4, 0.5) is 18.9 Å². The Balaban J connectivity index is 1.63. The predicted octanol–water partition coefficient (Wildman–Crippen LogP) is 4.70. The molecule has 2 N–H and O–H groups in total. The number of rotatable bonds is 7. The first-order valence-electron chi connectivity index (χ1n) is 10.1. The summed E-state index contributed by atoms with van der Waals surface area (Å²) in [7, 11) is 1.49. The van der Waals surface area contributed by atoms with Crippen molar-refractivity contribution in [1.29, 1.82) is 5.26 Å². The maximum absolute atomic E-state index is 13.1. The molecule has 0 fully saturated rings. The highest BCUT2D eigenvalue weighted by atomic mass is 19.4. The van der Waals surface area contributed by atoms with Crippen molar-refractivity contribution >= 4 is 17.5 Å². The number of pyridine rings is 1. The van der Waals surface area contributed by atoms with Crippen molar-refractivity contribution in [2.75, 3.05) is 12.4 Å². The van der Waals surface area contributed by atoms with Gasteiger partial charge in [-0.2, -0.15) is 18.4 Å². The highest BCUT2D eigenvalue weighted by Gasteiger charge is 2.34. The Hall–Kier alpha value is -4.39. The van der Waals surface area contributed by atoms with Gasteiger partial charge in [0.15, 0.2) is 0 Å². The number of aryl methyl sites for hydroxylation is 1. The van der Waals surface area contributed by atoms with Crippen molar-refractivity contribution in [3.63, 3.8) is 0 Å². The molecule has 2 amide bonds. The van der Waals surface area contributed by atoms with Crippen LogP contribution in [0.25, 0.3) is 0 Å². The molecule has 3 rings (SSSR count). The molecular formula is C24H19F3N4O3. The molecule has 3 aromatic rings. The Bertz CT molecular complexity index is 1250. The minimum Gasteiger partial charge on any atom is -0.457 e. The molecule has 174 valence electrons. The first-order chi connectivity index (χ1) is 16.2. The van der Waals surface area contributed by atoms with Gasteiger partial charge in [-0.25, -0.2) is 0 Å². The second-order valence-corrected chi connectivity index (χ2v) is 7.12. The van der Waals surface area contributed by atoms with Crippen molar-refractivity contribution in [3.8, 4) is 17.6 Å². The van der Waals surface area contributed by atoms with Gasteiger partial charge in [-0.3, -0.25) is 14.6 Å². The van der Waals surface area contributed by atoms with Crippen LogP contribution in [0.5, 0.6) is 11.5 Å². The molecule has 1 aromatic heterocycles. The van der Waals surface area contributed by atoms with Crippen LogP contribution in [0.2, 0.25) is 0 Å². The molecule has 0 saturated carbocycles. The number of hydrogen-bond acceptors (Lipinski definition) is 5. The van der Waals surface area contributed by atoms with Gasteiger partial charge in [-0.1, -0.05) is 12.1 Å². The van der Waals surface area contributed by atoms with E-state index >= 15 is 0 Å². The summed E-state index contributed by atoms with van der Waals surface area (Å²) >= 11 is 0. The van der Waals surface area contributed by atoms with Crippen LogP contribution in [0.1, 0.15) is 33.6 Å². The summed E-state index contributed by atoms with van der Waals surface area (Å²) < 4.78 is 45.1. The summed E-state index contributed by atoms with van der Waals surface area (Å²) in [4.78, 5) is 28.0. The standard InChI is InChI=1S/C24H19F3N4O3/c1-29-23(33)21-13-19(9-10-30-21)34-18-4-2-3-15(11-18)5-8-22(32)31-17-7-6-16(14-28)20(12-17)24(25,26)27/h2-4,6-7,9-13H,5,8H2,1H3,(H,29,33)(H,31,32). The fourth-order valence-corrected chi connectivity index (χ4v) is 3.06. The van der Waals surface area contributed by atoms with Crippen LogP contribution in [-0.4, -0.2) is 23.8 Å². The molecule has 1 heterocycles. The zero-order chi connectivity index (χ0) is 24.7. The fraction of sp³-hybridized carbons (Fsp3) is 0.167. The molecule has 0 saturated heterocycles. The largest absolute Gasteiger partial charge is 0.457 e. The number of nitrogens with zero attached hydrogens (tertiary/aromatic N) is 2. The van der Waals surface area contributed by atoms with E-state index in [9.17, 15) is 22.8 Å². The van der Waals surface area contributed by atoms with Crippen molar-refractivity contribution in [2.45, 2.75) is 19.0 Å². The summed E-state index contributed by atoms with van der Waals surface area (Å²) in [6.07, 6.45) is -2.93. The lowest BCUT2D eigenvalue weighted by atomic mass is 10.1. The third-order valence-electron chi connectivity index (χ3n) is 4.70. The van der Waals surface area contributed by atoms with E-state index in [0.29, 0.717) is 17.9 Å². The average Bonchev–Trinajstić information content (AvgIpc) is 2.82. The molecule has 0 radical (unpaired) electrons. The number of hydrogen-bond donors (Lipinski definition) is 2. The van der Waals surface area contributed by atoms with Gasteiger partial charge in [0.25, 0.3) is 5.91 Å². The number of carbonyl (C=O) groups is 2. The smallest absolute Gasteiger partial charge is 0.417 e. The molecule has 0 unspecified atom stereocenters. The van der Waals surface area contributed by atoms with Crippen molar-refractivity contribution in [2.24, 2.45) is 0 Å². The van der Waals surface area contributed by atoms with Gasteiger partial charge >= 0.3 is 6.18 Å². The normalized spacial score (nSPS) is 10.8. The Labute approximate surface area is 193 Å². The van der Waals surface area contributed by atoms with E-state index < -0.39 is 23.2 Å². The van der Waals surface area contributed by atoms with E-state index in [1.165, 1.54) is 31.4 Å². The first kappa shape index (κ1) is 24.3. The van der Waals surface area contributed by atoms with Crippen LogP contribution < -0.4 is 15.4 Å². The summed E-state index contributed by atoms with van der Waals surface area (Å²) in [6, 6.07) is 14.5. The number of nitriles is 1. The lowest BCUT2D eigenvalue weighted by Crippen LogP contribution is -2.18. The van der Waals surface area contributed by atoms with Crippen LogP contribution in [-0.2, 0) is 17.4 Å². The van der Waals surface area contributed by atoms with Gasteiger partial charge in [-0.15, -0.1) is 0 Å². The van der Waals surface area contributed by atoms with Crippen molar-refractivity contribution in [3.05, 3.63) is 83.2 Å². The molecule has 0 spiro atoms. The lowest BCUT2D eigenvalue weighted by molar-refractivity contribution is -0.137. The van der Waals surface area contributed by atoms with Crippen LogP contribution in [0.3, 0.4) is 0 Å². The second-order valence-electron chi connectivity index (χ2n) is 7.12. The van der Waals surface area contributed by atoms with E-state index in [4.69, 9.17) is 10.00 Å². The van der Waals surface area contributed by atoms with Gasteiger partial charge in [0.05, 0.1) is 17.2 Å². The molecule has 0 bridgehead atoms. The summed E-state index contributed by atoms with van der Waals surface area (Å²) in [5.41, 5.74) is -0.696. The van der Waals surface area contributed by atoms with Gasteiger partial charge in [0.2, 0.25) is 5.91 Å². The van der Waals surface area contributed by atoms with Crippen LogP contribution in [0, 0.1) is 11.3 Å². The average molecular weight is 468 g/mol. The number of nitrogens with one attached hydrogen (secondary N) is 2. The zero-order valence-electron chi connectivity index (χ0n) is 17.9. The van der Waals surface area contributed by atoms with Crippen molar-refractivity contribution in [1.82, 2.24) is 10.3 Å². The molecule has 34 heavy (non-hydrogen) atoms. The molecule has 0 atom stereocenters. The number of ether oxygens (including phenoxy) is 1. The second kappa shape index (κ2) is 10.5. The summed E-state index contributed by atoms with van der Waals surface area (Å²) in [5.74, 6) is 0.0574. The highest BCUT2D eigenvalue weighted by Crippen LogP contribution is 2.33. The Morgan fingerprint density at radius 2 is 1.85 bits per heavy atom. The number of amides is 2. The molecule has 0 aliphatic carbocycles. The zero-order valence-corrected chi connectivity index (χ0v) is 17.9. The third-order valence-corrected chi connectivity index (χ3v) is 4.70. The number of halogens is 3. The van der Waals surface area contributed by atoms with E-state index in [-0.39, 0.29) is 23.7 Å². The Morgan fingerprint density at radius 3 is 2.56 bits per heavy atom. The number of benzene rings is 2. The summed E-state index contributed by atoms with van der Waals surface area (Å²) in [6.45, 7) is 0. The van der Waals surface area contributed by atoms with Gasteiger partial charge in [-0.05, 0) is 48.4 Å². The first-order valence-corrected chi connectivity index (χ1v) is 10.1. The molecule has 0 aliphatic heterocycles. The van der Waals surface area contributed by atoms with Gasteiger partial charge < -0.3 is 15.4 Å². The maximum Gasteiger partial charge on any atom is 0.417 e. The lowest BCUT2D eigenvalue weighted by Gasteiger charge is -2.12. The van der Waals surface area contributed by atoms with E-state index in [1.54, 1.807) is 30.3 Å². The molecule has 0 aliphatic rings. The van der Waals surface area contributed by atoms with Crippen molar-refractivity contribution < 1.29 is 27.5 Å². The number of anilines is 1. The minimum absolute atomic E-state index is 0.0148. The summed E-state index contributed by atoms with van der Waals surface area (Å²) in [5, 5.41) is 13.8. The van der Waals surface area contributed by atoms with E-state index in [1.807, 2.05) is 0 Å². The topological polar surface area (TPSA) is 104 Å². The minimum atomic E-state index is -4.71. The third kappa shape index (κ3) is 6.32. The van der Waals surface area contributed by atoms with Crippen LogP contribution >= 0.6 is 0 Å². The number of carbonyl (C=O) groups excluding carboxylic acids is 2. The Kier molecular flexibility index (Phi) is 7.48. The Morgan fingerprint density at radius 1 is 1.09 bits per heavy atom. The molecule has 7 nitrogen and oxygen atoms in total. The number of alkyl halides is 3. The predicted molar refractivity (Wildman–Crippen MR) is 117 cm³/mol. The highest BCUT2D eigenvalue weighted by molar-refractivity contribution is 5.92. The van der Waals surface area contributed by atoms with E-state index in [2.05, 4.69) is 15.6 Å². The maximum atomic E-state index is 13.1. The SMILES string of the molecule is CNC(=O)c1cc(Oc2cccc(CCC(=O)Nc3ccc(C#N)c(C(F)(F)F)c3)c2)ccn1. The molecular weight excluding hydrogens is 449 g/mol. The van der Waals surface area contributed by atoms with E-state index in [0.717, 1.165) is 17.7 Å². The van der Waals surface area contributed by atoms with Gasteiger partial charge in [0.1, 0.15) is 17.2 Å². The van der Waals surface area contributed by atoms with Gasteiger partial charge in [0, 0.05) is 31.4 Å². The molecule has 10 heteroatoms. The van der Waals surface area contributed by atoms with Crippen LogP contribution in [0.15, 0.2) is 60.8 Å². The monoisotopic (exact) mass is 468 g/mol. The fourth-order valence-electron chi connectivity index (χ4n) is 3.06. The number of aromatic nitrogens is 1. The molecule has 2 aromatic carbocycles.